The van der Waals surface area contributed by atoms with E-state index in [1.165, 1.54) is 43.3 Å². The van der Waals surface area contributed by atoms with Gasteiger partial charge in [-0.25, -0.2) is 15.0 Å². The number of fused-ring (bicyclic) bond motifs is 2. The molecule has 8 aromatic heterocycles. The molecule has 9 N–H and O–H groups in total. The number of piperidine rings is 4. The number of ether oxygens (including phenoxy) is 7. The Kier molecular flexibility index (Phi) is 30.5. The fraction of sp³-hybridized carbons (Fsp3) is 0.593. The van der Waals surface area contributed by atoms with Crippen molar-refractivity contribution in [2.45, 2.75) is 224 Å². The molecule has 14 fully saturated rings. The van der Waals surface area contributed by atoms with Crippen molar-refractivity contribution < 1.29 is 62.2 Å². The molecular formula is C108H133N29O13. The van der Waals surface area contributed by atoms with Gasteiger partial charge in [0.15, 0.2) is 23.0 Å². The molecule has 0 radical (unpaired) electrons. The lowest BCUT2D eigenvalue weighted by Gasteiger charge is -2.61. The highest BCUT2D eigenvalue weighted by Gasteiger charge is 2.58. The number of nitrogens with two attached hydrogens (primary N) is 3. The molecule has 0 spiro atoms. The summed E-state index contributed by atoms with van der Waals surface area (Å²) >= 11 is 0. The summed E-state index contributed by atoms with van der Waals surface area (Å²) in [4.78, 5) is 151. The lowest BCUT2D eigenvalue weighted by molar-refractivity contribution is -0.0441. The molecule has 42 nitrogen and oxygen atoms in total. The van der Waals surface area contributed by atoms with E-state index in [1.54, 1.807) is 58.5 Å². The van der Waals surface area contributed by atoms with E-state index in [-0.39, 0.29) is 101 Å². The van der Waals surface area contributed by atoms with E-state index in [1.807, 2.05) is 34.2 Å². The molecule has 788 valence electrons. The Morgan fingerprint density at radius 2 is 1.20 bits per heavy atom. The smallest absolute Gasteiger partial charge is 0.321 e. The molecule has 7 aliphatic heterocycles. The van der Waals surface area contributed by atoms with Crippen LogP contribution >= 0.6 is 0 Å². The molecule has 8 aromatic rings. The summed E-state index contributed by atoms with van der Waals surface area (Å²) in [6.07, 6.45) is 35.0. The minimum atomic E-state index is -1.11. The second-order valence-corrected chi connectivity index (χ2v) is 44.0. The van der Waals surface area contributed by atoms with Crippen LogP contribution in [0.4, 0.5) is 35.0 Å². The van der Waals surface area contributed by atoms with Gasteiger partial charge in [-0.05, 0) is 221 Å². The summed E-state index contributed by atoms with van der Waals surface area (Å²) in [7, 11) is 1.69. The van der Waals surface area contributed by atoms with Crippen molar-refractivity contribution in [3.8, 4) is 60.0 Å². The average Bonchev–Trinajstić information content (AvgIpc) is 1.63. The van der Waals surface area contributed by atoms with E-state index in [0.29, 0.717) is 166 Å². The number of amides is 4. The van der Waals surface area contributed by atoms with Gasteiger partial charge in [0.1, 0.15) is 48.3 Å². The van der Waals surface area contributed by atoms with Crippen LogP contribution in [0.5, 0.6) is 35.5 Å². The molecule has 150 heavy (non-hydrogen) atoms. The first-order chi connectivity index (χ1) is 72.6. The number of pyridine rings is 3. The molecule has 2 bridgehead atoms. The second-order valence-electron chi connectivity index (χ2n) is 44.0. The number of rotatable bonds is 35. The number of aromatic nitrogens is 15. The number of ketones is 1. The second kappa shape index (κ2) is 44.4. The van der Waals surface area contributed by atoms with Crippen molar-refractivity contribution in [2.75, 3.05) is 143 Å². The molecule has 15 heterocycles. The van der Waals surface area contributed by atoms with Gasteiger partial charge in [0.2, 0.25) is 23.5 Å². The number of aliphatic imine (C=N–C) groups is 2. The predicted molar refractivity (Wildman–Crippen MR) is 552 cm³/mol. The Labute approximate surface area is 871 Å². The van der Waals surface area contributed by atoms with Crippen LogP contribution in [0, 0.1) is 105 Å². The lowest BCUT2D eigenvalue weighted by Crippen LogP contribution is -2.68. The van der Waals surface area contributed by atoms with Crippen molar-refractivity contribution in [2.24, 2.45) is 85.7 Å². The Morgan fingerprint density at radius 3 is 1.79 bits per heavy atom. The molecule has 5 saturated heterocycles. The van der Waals surface area contributed by atoms with Gasteiger partial charge in [-0.15, -0.1) is 12.3 Å². The maximum atomic E-state index is 13.6. The number of hydrogen-bond acceptors (Lipinski definition) is 38. The van der Waals surface area contributed by atoms with E-state index in [4.69, 9.17) is 71.8 Å². The number of nitrogen functional groups attached to an aromatic ring is 2. The van der Waals surface area contributed by atoms with Crippen LogP contribution in [0.15, 0.2) is 77.4 Å². The molecular weight excluding hydrogens is 1910 g/mol. The summed E-state index contributed by atoms with van der Waals surface area (Å²) in [5.41, 5.74) is 23.4. The Balaban J connectivity index is 0.000000121. The highest BCUT2D eigenvalue weighted by Crippen LogP contribution is 2.57. The number of terminal acetylenes is 1. The van der Waals surface area contributed by atoms with Gasteiger partial charge in [-0.3, -0.25) is 43.9 Å². The number of anilines is 6. The zero-order valence-electron chi connectivity index (χ0n) is 85.9. The van der Waals surface area contributed by atoms with E-state index < -0.39 is 34.3 Å². The van der Waals surface area contributed by atoms with E-state index >= 15 is 0 Å². The molecule has 4 amide bonds. The number of primary amides is 1. The first kappa shape index (κ1) is 103. The fourth-order valence-corrected chi connectivity index (χ4v) is 21.4. The number of morpholine rings is 1. The molecule has 9 saturated carbocycles. The number of nitrogens with one attached hydrogen (secondary N) is 2. The number of nitrogens with zero attached hydrogens (tertiary/aromatic N) is 24. The predicted octanol–water partition coefficient (Wildman–Crippen LogP) is 10.3. The molecule has 42 heteroatoms. The zero-order chi connectivity index (χ0) is 104. The lowest BCUT2D eigenvalue weighted by atomic mass is 9.50. The minimum Gasteiger partial charge on any atom is -0.496 e. The number of aliphatic hydroxyl groups is 1. The molecule has 4 atom stereocenters. The minimum absolute atomic E-state index is 0.0257. The normalized spacial score (nSPS) is 23.3. The molecule has 1 unspecified atom stereocenters. The maximum Gasteiger partial charge on any atom is 0.321 e. The summed E-state index contributed by atoms with van der Waals surface area (Å²) < 4.78 is 41.0. The van der Waals surface area contributed by atoms with E-state index in [9.17, 15) is 39.6 Å². The van der Waals surface area contributed by atoms with E-state index in [0.717, 1.165) is 201 Å². The monoisotopic (exact) mass is 2040 g/mol. The summed E-state index contributed by atoms with van der Waals surface area (Å²) in [6.45, 7) is 18.0. The van der Waals surface area contributed by atoms with Gasteiger partial charge in [0.05, 0.1) is 122 Å². The number of carbonyl (C=O) groups excluding carboxylic acids is 5. The topological polar surface area (TPSA) is 554 Å². The third-order valence-electron chi connectivity index (χ3n) is 32.3. The third-order valence-corrected chi connectivity index (χ3v) is 32.3. The van der Waals surface area contributed by atoms with Gasteiger partial charge < -0.3 is 90.6 Å². The summed E-state index contributed by atoms with van der Waals surface area (Å²) in [5, 5.41) is 35.0. The molecule has 24 rings (SSSR count). The summed E-state index contributed by atoms with van der Waals surface area (Å²) in [5.74, 6) is 10.1. The van der Waals surface area contributed by atoms with Gasteiger partial charge in [-0.1, -0.05) is 19.8 Å². The Morgan fingerprint density at radius 1 is 0.613 bits per heavy atom. The van der Waals surface area contributed by atoms with Crippen LogP contribution in [-0.4, -0.2) is 261 Å². The summed E-state index contributed by atoms with van der Waals surface area (Å²) in [6, 6.07) is 17.9. The standard InChI is InChI=1S/C29H33N7O3.C28H31N7O3.C26H38N8O4.C25H31N7O3/c30-17-29(7-8-29)18-39-28-33-22(27(37)36-12-13-38-24(16-36)19-3-4-19)14-25(34-28)35-10-5-20(6-11-35)26-21-2-1-9-31-23(21)15-32-26;1-3-17-10-19(17)15-38-27-32-24(25(36)34-28-11-16(12-28)13-28)31-26(33-27)35-8-5-18(6-9-35)23-22-20(14-30-23)29-7-4-21(22)37-2;1-14-11-16(12-14)13-38-25-32-22(23(36)29-15(2)26(3,4)37)31-24(33-25)34-9-7-17(8-10-34)19-6-5-18(27)20(30-19)21(28)35;26-14-25(7-8-25)15-35-24-30-19(20(33)4-3-17-1-2-17)11-22(31-24)32-9-5-18(6-10-32)13-34-21-12-28-16-29-23(21)27/h1-2,9,14,19-20,24H,3-8,10-13,15-16,18H2;1,4,7,16-19H,5-6,8-15H2,2H3,(H,34,36);5-6,14-17,37H,7-13,27H2,1-4H3,(H2,28,35)(H,29,36);11-12,16-18H,1-10,13,15H2,(H2,27,28,29)/t;16?,17-,19-,28?;14?,15-,16?;/m.11./s1. The van der Waals surface area contributed by atoms with Crippen molar-refractivity contribution in [3.05, 3.63) is 124 Å². The SMILES string of the molecule is C#C[C@@H]1C[C@@H]1COc1nc(C(=O)NC23CC(C2)C3)nc(N2CCC(C3=NCc4nccc(OC)c43)CC2)n1.CC1CC(COc2nc(C(=O)N[C@H](C)C(C)(C)O)nc(N3CCC(c4ccc(N)c(C(N)=O)n4)CC3)n2)C1.N#CC1(COc2nc(C(=O)CCC3CC3)cc(N3CCC(COc4cncnc4N)CC3)n2)CC1.N#CC1(COc2nc(C(=O)N3CCOC(C4CC4)C3)cc(N3CCC(C4=NCc5ncccc54)CC3)n2)CC1. The van der Waals surface area contributed by atoms with Gasteiger partial charge in [0, 0.05) is 148 Å². The molecule has 9 aliphatic carbocycles. The van der Waals surface area contributed by atoms with Crippen molar-refractivity contribution in [1.82, 2.24) is 90.3 Å². The average molecular weight is 2050 g/mol. The fourth-order valence-electron chi connectivity index (χ4n) is 21.4. The molecule has 0 aromatic carbocycles. The maximum absolute atomic E-state index is 13.6. The van der Waals surface area contributed by atoms with Gasteiger partial charge >= 0.3 is 24.0 Å². The largest absolute Gasteiger partial charge is 0.496 e. The number of methoxy groups -OCH3 is 1. The molecule has 16 aliphatic rings. The van der Waals surface area contributed by atoms with Crippen molar-refractivity contribution in [1.29, 1.82) is 10.5 Å². The van der Waals surface area contributed by atoms with Crippen LogP contribution in [0.25, 0.3) is 0 Å². The first-order valence-corrected chi connectivity index (χ1v) is 53.3. The highest BCUT2D eigenvalue weighted by molar-refractivity contribution is 6.07. The Bertz CT molecular complexity index is 6490. The van der Waals surface area contributed by atoms with E-state index in [2.05, 4.69) is 126 Å². The van der Waals surface area contributed by atoms with Crippen molar-refractivity contribution in [3.63, 3.8) is 0 Å². The first-order valence-electron chi connectivity index (χ1n) is 53.3. The number of carbonyl (C=O) groups is 5. The number of hydrogen-bond donors (Lipinski definition) is 6. The van der Waals surface area contributed by atoms with Crippen LogP contribution in [-0.2, 0) is 17.8 Å². The van der Waals surface area contributed by atoms with Gasteiger partial charge in [-0.2, -0.15) is 60.4 Å². The number of nitriles is 2. The van der Waals surface area contributed by atoms with Crippen LogP contribution in [0.1, 0.15) is 269 Å². The van der Waals surface area contributed by atoms with Crippen LogP contribution in [0.2, 0.25) is 0 Å². The van der Waals surface area contributed by atoms with Crippen LogP contribution < -0.4 is 75.9 Å². The zero-order valence-corrected chi connectivity index (χ0v) is 85.9. The van der Waals surface area contributed by atoms with Gasteiger partial charge in [0.25, 0.3) is 23.6 Å². The quantitative estimate of drug-likeness (QED) is 0.0159. The number of Topliss-reactive ketones (excluding diaryl/α,β-unsaturated/α-hetero) is 1. The van der Waals surface area contributed by atoms with Crippen molar-refractivity contribution >= 4 is 75.9 Å². The van der Waals surface area contributed by atoms with Crippen LogP contribution in [0.3, 0.4) is 0 Å². The third kappa shape index (κ3) is 24.7. The highest BCUT2D eigenvalue weighted by atomic mass is 16.5. The Hall–Kier alpha value is -14.3.